The van der Waals surface area contributed by atoms with E-state index in [1.54, 1.807) is 17.8 Å². The third kappa shape index (κ3) is 3.54. The molecule has 6 nitrogen and oxygen atoms in total. The molecule has 1 amide bonds. The number of thiophene rings is 1. The molecule has 0 aliphatic carbocycles. The first-order valence-electron chi connectivity index (χ1n) is 6.54. The Morgan fingerprint density at radius 2 is 2.36 bits per heavy atom. The van der Waals surface area contributed by atoms with Crippen LogP contribution in [0.2, 0.25) is 0 Å². The summed E-state index contributed by atoms with van der Waals surface area (Å²) >= 11 is 4.51. The van der Waals surface area contributed by atoms with Crippen molar-refractivity contribution in [1.82, 2.24) is 15.4 Å². The molecule has 114 valence electrons. The highest BCUT2D eigenvalue weighted by Crippen LogP contribution is 2.27. The van der Waals surface area contributed by atoms with E-state index < -0.39 is 0 Å². The molecule has 1 N–H and O–H groups in total. The molecule has 0 unspecified atom stereocenters. The molecule has 0 radical (unpaired) electrons. The summed E-state index contributed by atoms with van der Waals surface area (Å²) in [5.41, 5.74) is 0.223. The van der Waals surface area contributed by atoms with Gasteiger partial charge in [-0.2, -0.15) is 0 Å². The molecule has 0 spiro atoms. The van der Waals surface area contributed by atoms with Crippen molar-refractivity contribution in [2.45, 2.75) is 17.7 Å². The van der Waals surface area contributed by atoms with Crippen molar-refractivity contribution in [1.29, 1.82) is 0 Å². The number of nitrogens with one attached hydrogen (secondary N) is 1. The zero-order valence-corrected chi connectivity index (χ0v) is 14.1. The number of thioether (sulfide) groups is 1. The molecule has 0 fully saturated rings. The molecule has 0 aliphatic rings. The summed E-state index contributed by atoms with van der Waals surface area (Å²) in [6.07, 6.45) is 1.07. The summed E-state index contributed by atoms with van der Waals surface area (Å²) in [6.45, 7) is 2.10. The number of carbonyl (C=O) groups excluding carboxylic acids is 1. The molecule has 0 saturated heterocycles. The first kappa shape index (κ1) is 15.2. The smallest absolute Gasteiger partial charge is 0.279 e. The van der Waals surface area contributed by atoms with Gasteiger partial charge in [0.05, 0.1) is 4.88 Å². The lowest BCUT2D eigenvalue weighted by atomic mass is 10.3. The quantitative estimate of drug-likeness (QED) is 0.533. The summed E-state index contributed by atoms with van der Waals surface area (Å²) in [6, 6.07) is 5.45. The molecule has 0 bridgehead atoms. The van der Waals surface area contributed by atoms with E-state index in [0.717, 1.165) is 21.4 Å². The van der Waals surface area contributed by atoms with E-state index in [0.29, 0.717) is 10.9 Å². The normalized spacial score (nSPS) is 10.8. The summed E-state index contributed by atoms with van der Waals surface area (Å²) in [7, 11) is 0. The van der Waals surface area contributed by atoms with Gasteiger partial charge in [0.15, 0.2) is 15.8 Å². The van der Waals surface area contributed by atoms with Gasteiger partial charge < -0.3 is 4.52 Å². The molecule has 3 heterocycles. The van der Waals surface area contributed by atoms with Crippen LogP contribution in [0.5, 0.6) is 0 Å². The van der Waals surface area contributed by atoms with Gasteiger partial charge in [0, 0.05) is 11.8 Å². The van der Waals surface area contributed by atoms with Crippen LogP contribution in [0.3, 0.4) is 0 Å². The van der Waals surface area contributed by atoms with Crippen molar-refractivity contribution in [3.05, 3.63) is 29.3 Å². The molecule has 3 rings (SSSR count). The minimum atomic E-state index is -0.352. The van der Waals surface area contributed by atoms with Gasteiger partial charge in [-0.1, -0.05) is 41.2 Å². The number of nitrogens with zero attached hydrogens (tertiary/aromatic N) is 3. The van der Waals surface area contributed by atoms with E-state index in [4.69, 9.17) is 4.52 Å². The Kier molecular flexibility index (Phi) is 4.86. The fourth-order valence-corrected chi connectivity index (χ4v) is 3.93. The Morgan fingerprint density at radius 1 is 1.45 bits per heavy atom. The largest absolute Gasteiger partial charge is 0.355 e. The minimum absolute atomic E-state index is 0.223. The lowest BCUT2D eigenvalue weighted by molar-refractivity contribution is 0.101. The number of hydrogen-bond donors (Lipinski definition) is 1. The highest BCUT2D eigenvalue weighted by molar-refractivity contribution is 8.01. The van der Waals surface area contributed by atoms with Crippen molar-refractivity contribution in [3.63, 3.8) is 0 Å². The molecule has 0 atom stereocenters. The van der Waals surface area contributed by atoms with Crippen molar-refractivity contribution in [2.75, 3.05) is 11.1 Å². The molecule has 3 aromatic heterocycles. The molecular weight excluding hydrogens is 340 g/mol. The molecule has 0 saturated carbocycles. The van der Waals surface area contributed by atoms with Crippen LogP contribution >= 0.6 is 34.4 Å². The van der Waals surface area contributed by atoms with Crippen LogP contribution in [0, 0.1) is 0 Å². The monoisotopic (exact) mass is 352 g/mol. The maximum absolute atomic E-state index is 12.1. The van der Waals surface area contributed by atoms with Gasteiger partial charge in [0.25, 0.3) is 5.91 Å². The van der Waals surface area contributed by atoms with E-state index in [1.807, 2.05) is 17.5 Å². The maximum Gasteiger partial charge on any atom is 0.279 e. The standard InChI is InChI=1S/C13H12N4O2S3/c1-2-5-21-13-16-15-12(22-13)14-11(18)8-7-9(19-17-8)10-4-3-6-20-10/h3-4,6-7H,2,5H2,1H3,(H,14,15,18). The zero-order chi connectivity index (χ0) is 15.4. The van der Waals surface area contributed by atoms with Crippen molar-refractivity contribution in [3.8, 4) is 10.6 Å². The lowest BCUT2D eigenvalue weighted by Gasteiger charge is -1.94. The van der Waals surface area contributed by atoms with Crippen LogP contribution < -0.4 is 5.32 Å². The van der Waals surface area contributed by atoms with Gasteiger partial charge in [-0.3, -0.25) is 10.1 Å². The number of amides is 1. The SMILES string of the molecule is CCCSc1nnc(NC(=O)c2cc(-c3cccs3)on2)s1. The van der Waals surface area contributed by atoms with Gasteiger partial charge in [-0.25, -0.2) is 0 Å². The Bertz CT molecular complexity index is 751. The van der Waals surface area contributed by atoms with Crippen molar-refractivity contribution >= 4 is 45.5 Å². The topological polar surface area (TPSA) is 80.9 Å². The Labute approximate surface area is 138 Å². The van der Waals surface area contributed by atoms with Gasteiger partial charge in [-0.05, 0) is 17.9 Å². The van der Waals surface area contributed by atoms with E-state index in [1.165, 1.54) is 22.7 Å². The Hall–Kier alpha value is -1.71. The Balaban J connectivity index is 1.65. The predicted molar refractivity (Wildman–Crippen MR) is 88.7 cm³/mol. The van der Waals surface area contributed by atoms with Crippen LogP contribution in [0.25, 0.3) is 10.6 Å². The summed E-state index contributed by atoms with van der Waals surface area (Å²) in [5, 5.41) is 16.9. The van der Waals surface area contributed by atoms with E-state index in [9.17, 15) is 4.79 Å². The minimum Gasteiger partial charge on any atom is -0.355 e. The predicted octanol–water partition coefficient (Wildman–Crippen LogP) is 4.01. The average molecular weight is 352 g/mol. The van der Waals surface area contributed by atoms with Crippen molar-refractivity contribution < 1.29 is 9.32 Å². The molecule has 22 heavy (non-hydrogen) atoms. The first-order chi connectivity index (χ1) is 10.8. The van der Waals surface area contributed by atoms with Gasteiger partial charge in [-0.15, -0.1) is 21.5 Å². The summed E-state index contributed by atoms with van der Waals surface area (Å²) in [5.74, 6) is 1.21. The molecule has 0 aromatic carbocycles. The first-order valence-corrected chi connectivity index (χ1v) is 9.22. The highest BCUT2D eigenvalue weighted by Gasteiger charge is 2.16. The van der Waals surface area contributed by atoms with Crippen LogP contribution in [-0.2, 0) is 0 Å². The van der Waals surface area contributed by atoms with Gasteiger partial charge in [0.2, 0.25) is 5.13 Å². The average Bonchev–Trinajstić information content (AvgIpc) is 3.25. The molecular formula is C13H12N4O2S3. The molecule has 3 aromatic rings. The number of carbonyl (C=O) groups is 1. The summed E-state index contributed by atoms with van der Waals surface area (Å²) in [4.78, 5) is 13.1. The number of rotatable bonds is 6. The third-order valence-electron chi connectivity index (χ3n) is 2.56. The molecule has 0 aliphatic heterocycles. The van der Waals surface area contributed by atoms with Crippen LogP contribution in [0.4, 0.5) is 5.13 Å². The maximum atomic E-state index is 12.1. The fraction of sp³-hybridized carbons (Fsp3) is 0.231. The van der Waals surface area contributed by atoms with E-state index in [2.05, 4.69) is 27.6 Å². The van der Waals surface area contributed by atoms with Gasteiger partial charge in [0.1, 0.15) is 0 Å². The van der Waals surface area contributed by atoms with Crippen LogP contribution in [0.15, 0.2) is 32.4 Å². The second-order valence-corrected chi connectivity index (χ2v) is 7.50. The number of anilines is 1. The second-order valence-electron chi connectivity index (χ2n) is 4.23. The third-order valence-corrected chi connectivity index (χ3v) is 5.63. The fourth-order valence-electron chi connectivity index (χ4n) is 1.59. The van der Waals surface area contributed by atoms with Gasteiger partial charge >= 0.3 is 0 Å². The number of aromatic nitrogens is 3. The van der Waals surface area contributed by atoms with E-state index in [-0.39, 0.29) is 11.6 Å². The molecule has 9 heteroatoms. The number of hydrogen-bond acceptors (Lipinski definition) is 8. The van der Waals surface area contributed by atoms with E-state index >= 15 is 0 Å². The van der Waals surface area contributed by atoms with Crippen molar-refractivity contribution in [2.24, 2.45) is 0 Å². The summed E-state index contributed by atoms with van der Waals surface area (Å²) < 4.78 is 6.03. The zero-order valence-electron chi connectivity index (χ0n) is 11.6. The highest BCUT2D eigenvalue weighted by atomic mass is 32.2. The van der Waals surface area contributed by atoms with Crippen LogP contribution in [0.1, 0.15) is 23.8 Å². The van der Waals surface area contributed by atoms with Crippen LogP contribution in [-0.4, -0.2) is 27.0 Å². The second kappa shape index (κ2) is 7.03. The lowest BCUT2D eigenvalue weighted by Crippen LogP contribution is -2.11. The Morgan fingerprint density at radius 3 is 3.14 bits per heavy atom.